The maximum Gasteiger partial charge on any atom is 0.255 e. The van der Waals surface area contributed by atoms with E-state index in [1.807, 2.05) is 19.9 Å². The molecule has 1 aromatic carbocycles. The number of carbonyl (C=O) groups is 1. The second kappa shape index (κ2) is 6.18. The number of phenolic OH excluding ortho intramolecular Hbond substituents is 1. The minimum absolute atomic E-state index is 0.00468. The molecule has 0 bridgehead atoms. The van der Waals surface area contributed by atoms with Crippen molar-refractivity contribution in [1.82, 2.24) is 10.2 Å². The van der Waals surface area contributed by atoms with Gasteiger partial charge in [0.1, 0.15) is 5.60 Å². The summed E-state index contributed by atoms with van der Waals surface area (Å²) in [6, 6.07) is 4.09. The van der Waals surface area contributed by atoms with Crippen LogP contribution in [0, 0.1) is 0 Å². The summed E-state index contributed by atoms with van der Waals surface area (Å²) in [7, 11) is 0. The Morgan fingerprint density at radius 3 is 3.12 bits per heavy atom. The molecule has 0 spiro atoms. The second-order valence-electron chi connectivity index (χ2n) is 7.94. The molecule has 2 atom stereocenters. The van der Waals surface area contributed by atoms with E-state index in [0.29, 0.717) is 18.3 Å². The maximum absolute atomic E-state index is 12.5. The molecular weight excluding hydrogens is 320 g/mol. The van der Waals surface area contributed by atoms with Crippen LogP contribution in [-0.2, 0) is 11.2 Å². The van der Waals surface area contributed by atoms with Gasteiger partial charge in [-0.1, -0.05) is 6.07 Å². The largest absolute Gasteiger partial charge is 0.504 e. The Hall–Kier alpha value is -1.79. The molecular formula is C19H26N2O4. The number of nitrogens with one attached hydrogen (secondary N) is 1. The van der Waals surface area contributed by atoms with Crippen molar-refractivity contribution in [3.63, 3.8) is 0 Å². The van der Waals surface area contributed by atoms with E-state index in [0.717, 1.165) is 31.7 Å². The lowest BCUT2D eigenvalue weighted by Gasteiger charge is -2.35. The molecule has 136 valence electrons. The standard InChI is InChI=1S/C19H26N2O4/c1-19(2)8-12-5-6-15(16(22)17(12)25-19)18(23)20-9-14-10-21-7-3-4-13(21)11-24-14/h5-6,13-14,22H,3-4,7-11H2,1-2H3,(H,20,23)/t13-,14-/m0/s1. The Kier molecular flexibility index (Phi) is 4.12. The zero-order chi connectivity index (χ0) is 17.6. The smallest absolute Gasteiger partial charge is 0.255 e. The summed E-state index contributed by atoms with van der Waals surface area (Å²) in [5.41, 5.74) is 0.845. The Balaban J connectivity index is 1.39. The van der Waals surface area contributed by atoms with Crippen LogP contribution in [0.5, 0.6) is 11.5 Å². The molecule has 2 N–H and O–H groups in total. The normalized spacial score (nSPS) is 27.4. The molecule has 4 rings (SSSR count). The third-order valence-electron chi connectivity index (χ3n) is 5.40. The molecule has 3 heterocycles. The lowest BCUT2D eigenvalue weighted by Crippen LogP contribution is -2.50. The number of rotatable bonds is 3. The first-order valence-electron chi connectivity index (χ1n) is 9.11. The lowest BCUT2D eigenvalue weighted by molar-refractivity contribution is -0.0461. The van der Waals surface area contributed by atoms with Crippen LogP contribution in [0.25, 0.3) is 0 Å². The van der Waals surface area contributed by atoms with Crippen LogP contribution < -0.4 is 10.1 Å². The van der Waals surface area contributed by atoms with E-state index in [1.54, 1.807) is 6.07 Å². The van der Waals surface area contributed by atoms with Gasteiger partial charge in [-0.3, -0.25) is 9.69 Å². The molecule has 6 heteroatoms. The molecule has 0 aromatic heterocycles. The van der Waals surface area contributed by atoms with E-state index in [1.165, 1.54) is 12.8 Å². The molecule has 1 aromatic rings. The van der Waals surface area contributed by atoms with Gasteiger partial charge in [0, 0.05) is 31.1 Å². The number of benzene rings is 1. The Morgan fingerprint density at radius 1 is 1.44 bits per heavy atom. The number of aromatic hydroxyl groups is 1. The van der Waals surface area contributed by atoms with Crippen molar-refractivity contribution in [2.75, 3.05) is 26.2 Å². The lowest BCUT2D eigenvalue weighted by atomic mass is 10.0. The van der Waals surface area contributed by atoms with Gasteiger partial charge in [0.05, 0.1) is 18.3 Å². The third-order valence-corrected chi connectivity index (χ3v) is 5.40. The topological polar surface area (TPSA) is 71.0 Å². The monoisotopic (exact) mass is 346 g/mol. The van der Waals surface area contributed by atoms with Gasteiger partial charge in [-0.2, -0.15) is 0 Å². The van der Waals surface area contributed by atoms with E-state index in [9.17, 15) is 9.90 Å². The van der Waals surface area contributed by atoms with Gasteiger partial charge in [0.15, 0.2) is 11.5 Å². The summed E-state index contributed by atoms with van der Waals surface area (Å²) in [5, 5.41) is 13.3. The summed E-state index contributed by atoms with van der Waals surface area (Å²) in [5.74, 6) is 0.0805. The van der Waals surface area contributed by atoms with Gasteiger partial charge < -0.3 is 19.9 Å². The van der Waals surface area contributed by atoms with E-state index in [2.05, 4.69) is 10.2 Å². The quantitative estimate of drug-likeness (QED) is 0.872. The van der Waals surface area contributed by atoms with Crippen molar-refractivity contribution in [2.45, 2.75) is 50.9 Å². The van der Waals surface area contributed by atoms with Gasteiger partial charge in [0.25, 0.3) is 5.91 Å². The van der Waals surface area contributed by atoms with Crippen molar-refractivity contribution >= 4 is 5.91 Å². The number of ether oxygens (including phenoxy) is 2. The van der Waals surface area contributed by atoms with Gasteiger partial charge in [-0.25, -0.2) is 0 Å². The molecule has 0 aliphatic carbocycles. The van der Waals surface area contributed by atoms with E-state index < -0.39 is 0 Å². The van der Waals surface area contributed by atoms with E-state index >= 15 is 0 Å². The van der Waals surface area contributed by atoms with Crippen LogP contribution in [0.4, 0.5) is 0 Å². The number of morpholine rings is 1. The van der Waals surface area contributed by atoms with Crippen LogP contribution in [0.15, 0.2) is 12.1 Å². The van der Waals surface area contributed by atoms with E-state index in [-0.39, 0.29) is 28.9 Å². The fraction of sp³-hybridized carbons (Fsp3) is 0.632. The first-order chi connectivity index (χ1) is 11.9. The fourth-order valence-electron chi connectivity index (χ4n) is 4.13. The molecule has 3 aliphatic rings. The number of fused-ring (bicyclic) bond motifs is 2. The highest BCUT2D eigenvalue weighted by Crippen LogP contribution is 2.43. The number of carbonyl (C=O) groups excluding carboxylic acids is 1. The van der Waals surface area contributed by atoms with Gasteiger partial charge in [0.2, 0.25) is 0 Å². The van der Waals surface area contributed by atoms with Gasteiger partial charge >= 0.3 is 0 Å². The summed E-state index contributed by atoms with van der Waals surface area (Å²) in [6.45, 7) is 7.12. The summed E-state index contributed by atoms with van der Waals surface area (Å²) in [4.78, 5) is 14.9. The average Bonchev–Trinajstić information content (AvgIpc) is 3.15. The Labute approximate surface area is 148 Å². The molecule has 0 unspecified atom stereocenters. The zero-order valence-corrected chi connectivity index (χ0v) is 14.9. The molecule has 2 saturated heterocycles. The molecule has 1 amide bonds. The summed E-state index contributed by atoms with van der Waals surface area (Å²) >= 11 is 0. The zero-order valence-electron chi connectivity index (χ0n) is 14.9. The van der Waals surface area contributed by atoms with Crippen molar-refractivity contribution in [3.8, 4) is 11.5 Å². The molecule has 6 nitrogen and oxygen atoms in total. The maximum atomic E-state index is 12.5. The number of hydrogen-bond donors (Lipinski definition) is 2. The first-order valence-corrected chi connectivity index (χ1v) is 9.11. The minimum atomic E-state index is -0.350. The Bertz CT molecular complexity index is 688. The SMILES string of the molecule is CC1(C)Cc2ccc(C(=O)NC[C@H]3CN4CCC[C@H]4CO3)c(O)c2O1. The average molecular weight is 346 g/mol. The van der Waals surface area contributed by atoms with Crippen LogP contribution in [-0.4, -0.2) is 59.9 Å². The minimum Gasteiger partial charge on any atom is -0.504 e. The second-order valence-corrected chi connectivity index (χ2v) is 7.94. The van der Waals surface area contributed by atoms with Crippen LogP contribution in [0.3, 0.4) is 0 Å². The van der Waals surface area contributed by atoms with Crippen LogP contribution in [0.2, 0.25) is 0 Å². The first kappa shape index (κ1) is 16.7. The number of nitrogens with zero attached hydrogens (tertiary/aromatic N) is 1. The number of phenols is 1. The van der Waals surface area contributed by atoms with Crippen LogP contribution >= 0.6 is 0 Å². The van der Waals surface area contributed by atoms with E-state index in [4.69, 9.17) is 9.47 Å². The summed E-state index contributed by atoms with van der Waals surface area (Å²) in [6.07, 6.45) is 3.17. The van der Waals surface area contributed by atoms with Crippen molar-refractivity contribution < 1.29 is 19.4 Å². The molecule has 2 fully saturated rings. The molecule has 3 aliphatic heterocycles. The Morgan fingerprint density at radius 2 is 2.28 bits per heavy atom. The summed E-state index contributed by atoms with van der Waals surface area (Å²) < 4.78 is 11.7. The number of amides is 1. The predicted octanol–water partition coefficient (Wildman–Crippen LogP) is 1.70. The van der Waals surface area contributed by atoms with Crippen molar-refractivity contribution in [3.05, 3.63) is 23.3 Å². The van der Waals surface area contributed by atoms with Gasteiger partial charge in [-0.15, -0.1) is 0 Å². The van der Waals surface area contributed by atoms with Crippen LogP contribution in [0.1, 0.15) is 42.6 Å². The number of hydrogen-bond acceptors (Lipinski definition) is 5. The molecule has 25 heavy (non-hydrogen) atoms. The highest BCUT2D eigenvalue weighted by Gasteiger charge is 2.35. The molecule has 0 radical (unpaired) electrons. The third kappa shape index (κ3) is 3.20. The van der Waals surface area contributed by atoms with Gasteiger partial charge in [-0.05, 0) is 39.3 Å². The molecule has 0 saturated carbocycles. The van der Waals surface area contributed by atoms with Crippen molar-refractivity contribution in [2.24, 2.45) is 0 Å². The highest BCUT2D eigenvalue weighted by molar-refractivity contribution is 5.98. The highest BCUT2D eigenvalue weighted by atomic mass is 16.5. The van der Waals surface area contributed by atoms with Crippen molar-refractivity contribution in [1.29, 1.82) is 0 Å². The predicted molar refractivity (Wildman–Crippen MR) is 93.2 cm³/mol. The fourth-order valence-corrected chi connectivity index (χ4v) is 4.13.